The molecule has 2 fully saturated rings. The standard InChI is InChI=1S/C22H34N6O4/c1-15(29)13-31-21-23-17-18(19(25-21)27-9-5-3-6-10-27)24-22(32-14-16(2)30)26-20(17)28-11-7-4-8-12-28/h15-16,29-30H,3-14H2,1-2H3/t15-,16+. The van der Waals surface area contributed by atoms with Gasteiger partial charge >= 0.3 is 12.0 Å². The molecule has 0 aliphatic carbocycles. The van der Waals surface area contributed by atoms with Crippen molar-refractivity contribution in [1.82, 2.24) is 19.9 Å². The molecule has 0 saturated carbocycles. The summed E-state index contributed by atoms with van der Waals surface area (Å²) in [5.41, 5.74) is 1.26. The molecule has 2 aromatic heterocycles. The lowest BCUT2D eigenvalue weighted by Crippen LogP contribution is -2.32. The molecule has 2 aromatic rings. The van der Waals surface area contributed by atoms with Gasteiger partial charge in [0.2, 0.25) is 0 Å². The normalized spacial score (nSPS) is 19.1. The van der Waals surface area contributed by atoms with Crippen LogP contribution in [0.2, 0.25) is 0 Å². The minimum absolute atomic E-state index is 0.112. The van der Waals surface area contributed by atoms with Gasteiger partial charge in [0.25, 0.3) is 0 Å². The highest BCUT2D eigenvalue weighted by molar-refractivity contribution is 5.93. The summed E-state index contributed by atoms with van der Waals surface area (Å²) in [6.07, 6.45) is 5.50. The van der Waals surface area contributed by atoms with E-state index in [1.807, 2.05) is 0 Å². The van der Waals surface area contributed by atoms with Crippen LogP contribution in [0.15, 0.2) is 0 Å². The molecule has 0 bridgehead atoms. The third kappa shape index (κ3) is 5.47. The third-order valence-corrected chi connectivity index (χ3v) is 5.68. The molecule has 0 aromatic carbocycles. The minimum Gasteiger partial charge on any atom is -0.461 e. The Labute approximate surface area is 188 Å². The molecule has 2 aliphatic heterocycles. The lowest BCUT2D eigenvalue weighted by Gasteiger charge is -2.30. The van der Waals surface area contributed by atoms with E-state index < -0.39 is 12.2 Å². The number of hydrogen-bond acceptors (Lipinski definition) is 10. The van der Waals surface area contributed by atoms with Crippen molar-refractivity contribution in [2.75, 3.05) is 49.2 Å². The number of anilines is 2. The van der Waals surface area contributed by atoms with Crippen LogP contribution in [0, 0.1) is 0 Å². The van der Waals surface area contributed by atoms with Crippen LogP contribution in [0.3, 0.4) is 0 Å². The maximum atomic E-state index is 9.68. The van der Waals surface area contributed by atoms with Gasteiger partial charge in [0.15, 0.2) is 11.6 Å². The number of ether oxygens (including phenoxy) is 2. The van der Waals surface area contributed by atoms with E-state index in [2.05, 4.69) is 29.7 Å². The van der Waals surface area contributed by atoms with Gasteiger partial charge in [-0.15, -0.1) is 0 Å². The number of aromatic nitrogens is 4. The van der Waals surface area contributed by atoms with Crippen molar-refractivity contribution in [3.05, 3.63) is 0 Å². The van der Waals surface area contributed by atoms with Crippen LogP contribution in [-0.2, 0) is 0 Å². The first-order chi connectivity index (χ1) is 15.5. The van der Waals surface area contributed by atoms with E-state index in [4.69, 9.17) is 9.47 Å². The van der Waals surface area contributed by atoms with E-state index in [1.54, 1.807) is 13.8 Å². The summed E-state index contributed by atoms with van der Waals surface area (Å²) in [5.74, 6) is 1.41. The second-order valence-electron chi connectivity index (χ2n) is 8.77. The summed E-state index contributed by atoms with van der Waals surface area (Å²) >= 11 is 0. The molecule has 10 heteroatoms. The molecular weight excluding hydrogens is 412 g/mol. The summed E-state index contributed by atoms with van der Waals surface area (Å²) in [5, 5.41) is 19.4. The summed E-state index contributed by atoms with van der Waals surface area (Å²) in [4.78, 5) is 23.1. The molecule has 2 saturated heterocycles. The fourth-order valence-corrected chi connectivity index (χ4v) is 4.12. The van der Waals surface area contributed by atoms with Crippen LogP contribution in [0.25, 0.3) is 11.0 Å². The van der Waals surface area contributed by atoms with Crippen LogP contribution >= 0.6 is 0 Å². The van der Waals surface area contributed by atoms with Crippen LogP contribution < -0.4 is 19.3 Å². The fraction of sp³-hybridized carbons (Fsp3) is 0.727. The number of aliphatic hydroxyl groups is 2. The molecular formula is C22H34N6O4. The quantitative estimate of drug-likeness (QED) is 0.623. The van der Waals surface area contributed by atoms with E-state index in [0.29, 0.717) is 22.7 Å². The molecule has 0 spiro atoms. The van der Waals surface area contributed by atoms with E-state index in [1.165, 1.54) is 12.8 Å². The second kappa shape index (κ2) is 10.4. The Bertz CT molecular complexity index is 824. The van der Waals surface area contributed by atoms with Crippen LogP contribution in [-0.4, -0.2) is 81.7 Å². The second-order valence-corrected chi connectivity index (χ2v) is 8.77. The number of rotatable bonds is 8. The molecule has 10 nitrogen and oxygen atoms in total. The molecule has 0 amide bonds. The van der Waals surface area contributed by atoms with Gasteiger partial charge in [-0.2, -0.15) is 19.9 Å². The number of aliphatic hydroxyl groups excluding tert-OH is 2. The summed E-state index contributed by atoms with van der Waals surface area (Å²) in [7, 11) is 0. The van der Waals surface area contributed by atoms with Crippen molar-refractivity contribution in [2.24, 2.45) is 0 Å². The highest BCUT2D eigenvalue weighted by Gasteiger charge is 2.25. The zero-order valence-electron chi connectivity index (χ0n) is 19.0. The van der Waals surface area contributed by atoms with Crippen LogP contribution in [0.4, 0.5) is 11.6 Å². The van der Waals surface area contributed by atoms with Gasteiger partial charge in [0, 0.05) is 26.2 Å². The van der Waals surface area contributed by atoms with Crippen molar-refractivity contribution >= 4 is 22.7 Å². The Balaban J connectivity index is 1.83. The maximum absolute atomic E-state index is 9.68. The minimum atomic E-state index is -0.623. The lowest BCUT2D eigenvalue weighted by molar-refractivity contribution is 0.116. The van der Waals surface area contributed by atoms with E-state index in [9.17, 15) is 10.2 Å². The third-order valence-electron chi connectivity index (χ3n) is 5.68. The largest absolute Gasteiger partial charge is 0.461 e. The zero-order chi connectivity index (χ0) is 22.5. The Kier molecular flexibility index (Phi) is 7.41. The SMILES string of the molecule is C[C@H](O)COc1nc(N2CCCCC2)c2nc(OC[C@@H](C)O)nc(N3CCCCC3)c2n1. The van der Waals surface area contributed by atoms with Gasteiger partial charge in [-0.1, -0.05) is 0 Å². The summed E-state index contributed by atoms with van der Waals surface area (Å²) in [6, 6.07) is 0.442. The van der Waals surface area contributed by atoms with Crippen molar-refractivity contribution in [3.63, 3.8) is 0 Å². The maximum Gasteiger partial charge on any atom is 0.319 e. The Hall–Kier alpha value is -2.46. The Morgan fingerprint density at radius 1 is 0.656 bits per heavy atom. The zero-order valence-corrected chi connectivity index (χ0v) is 19.0. The molecule has 2 atom stereocenters. The number of nitrogens with zero attached hydrogens (tertiary/aromatic N) is 6. The first-order valence-corrected chi connectivity index (χ1v) is 11.7. The molecule has 176 valence electrons. The topological polar surface area (TPSA) is 117 Å². The Morgan fingerprint density at radius 2 is 1.03 bits per heavy atom. The molecule has 0 radical (unpaired) electrons. The average molecular weight is 447 g/mol. The van der Waals surface area contributed by atoms with Gasteiger partial charge in [0.05, 0.1) is 12.2 Å². The van der Waals surface area contributed by atoms with Crippen molar-refractivity contribution in [1.29, 1.82) is 0 Å². The van der Waals surface area contributed by atoms with Gasteiger partial charge < -0.3 is 29.5 Å². The molecule has 4 rings (SSSR count). The highest BCUT2D eigenvalue weighted by Crippen LogP contribution is 2.34. The van der Waals surface area contributed by atoms with Gasteiger partial charge in [-0.25, -0.2) is 0 Å². The van der Waals surface area contributed by atoms with Gasteiger partial charge in [0.1, 0.15) is 24.2 Å². The van der Waals surface area contributed by atoms with Crippen molar-refractivity contribution in [2.45, 2.75) is 64.6 Å². The number of piperidine rings is 2. The van der Waals surface area contributed by atoms with E-state index in [0.717, 1.165) is 51.9 Å². The molecule has 2 aliphatic rings. The Morgan fingerprint density at radius 3 is 1.38 bits per heavy atom. The van der Waals surface area contributed by atoms with E-state index >= 15 is 0 Å². The molecule has 2 N–H and O–H groups in total. The first-order valence-electron chi connectivity index (χ1n) is 11.7. The molecule has 32 heavy (non-hydrogen) atoms. The van der Waals surface area contributed by atoms with Gasteiger partial charge in [-0.05, 0) is 52.4 Å². The van der Waals surface area contributed by atoms with Crippen LogP contribution in [0.5, 0.6) is 12.0 Å². The monoisotopic (exact) mass is 446 g/mol. The van der Waals surface area contributed by atoms with E-state index in [-0.39, 0.29) is 25.2 Å². The van der Waals surface area contributed by atoms with Crippen LogP contribution in [0.1, 0.15) is 52.4 Å². The highest BCUT2D eigenvalue weighted by atomic mass is 16.5. The smallest absolute Gasteiger partial charge is 0.319 e. The van der Waals surface area contributed by atoms with Crippen molar-refractivity contribution in [3.8, 4) is 12.0 Å². The predicted octanol–water partition coefficient (Wildman–Crippen LogP) is 1.92. The number of fused-ring (bicyclic) bond motifs is 1. The average Bonchev–Trinajstić information content (AvgIpc) is 2.81. The van der Waals surface area contributed by atoms with Gasteiger partial charge in [-0.3, -0.25) is 0 Å². The number of hydrogen-bond donors (Lipinski definition) is 2. The first kappa shape index (κ1) is 22.7. The summed E-state index contributed by atoms with van der Waals surface area (Å²) in [6.45, 7) is 7.09. The summed E-state index contributed by atoms with van der Waals surface area (Å²) < 4.78 is 11.4. The molecule has 0 unspecified atom stereocenters. The van der Waals surface area contributed by atoms with Crippen molar-refractivity contribution < 1.29 is 19.7 Å². The molecule has 4 heterocycles. The fourth-order valence-electron chi connectivity index (χ4n) is 4.12. The lowest BCUT2D eigenvalue weighted by atomic mass is 10.1. The predicted molar refractivity (Wildman–Crippen MR) is 122 cm³/mol.